The first-order chi connectivity index (χ1) is 7.88. The van der Waals surface area contributed by atoms with E-state index in [-0.39, 0.29) is 6.04 Å². The molecule has 0 fully saturated rings. The molecule has 3 N–H and O–H groups in total. The summed E-state index contributed by atoms with van der Waals surface area (Å²) in [7, 11) is -3.25. The molecular formula is C11H16N2O2S2. The fourth-order valence-electron chi connectivity index (χ4n) is 1.52. The molecule has 0 aliphatic carbocycles. The molecule has 1 aromatic carbocycles. The van der Waals surface area contributed by atoms with Gasteiger partial charge >= 0.3 is 0 Å². The monoisotopic (exact) mass is 272 g/mol. The van der Waals surface area contributed by atoms with E-state index in [2.05, 4.69) is 4.72 Å². The van der Waals surface area contributed by atoms with Gasteiger partial charge in [0.05, 0.1) is 11.2 Å². The number of rotatable bonds is 6. The van der Waals surface area contributed by atoms with Gasteiger partial charge in [0.15, 0.2) is 0 Å². The number of nitrogens with one attached hydrogen (secondary N) is 1. The molecule has 4 nitrogen and oxygen atoms in total. The highest BCUT2D eigenvalue weighted by Gasteiger charge is 2.15. The van der Waals surface area contributed by atoms with Crippen molar-refractivity contribution in [2.24, 2.45) is 5.73 Å². The molecule has 0 spiro atoms. The smallest absolute Gasteiger partial charge is 0.209 e. The van der Waals surface area contributed by atoms with Gasteiger partial charge in [0.1, 0.15) is 0 Å². The van der Waals surface area contributed by atoms with Crippen LogP contribution in [0.1, 0.15) is 24.4 Å². The van der Waals surface area contributed by atoms with E-state index in [1.807, 2.05) is 30.3 Å². The average molecular weight is 272 g/mol. The second-order valence-electron chi connectivity index (χ2n) is 3.86. The maximum atomic E-state index is 11.3. The lowest BCUT2D eigenvalue weighted by molar-refractivity contribution is 0.550. The third-order valence-electron chi connectivity index (χ3n) is 2.24. The lowest BCUT2D eigenvalue weighted by Gasteiger charge is -2.17. The fraction of sp³-hybridized carbons (Fsp3) is 0.364. The van der Waals surface area contributed by atoms with Gasteiger partial charge in [-0.3, -0.25) is 0 Å². The highest BCUT2D eigenvalue weighted by Crippen LogP contribution is 2.18. The SMILES string of the molecule is CS(=O)(=O)NC(CCC(N)=S)c1ccccc1. The van der Waals surface area contributed by atoms with Crippen molar-refractivity contribution >= 4 is 27.2 Å². The Kier molecular flexibility index (Phi) is 5.04. The Balaban J connectivity index is 2.83. The maximum Gasteiger partial charge on any atom is 0.209 e. The Labute approximate surface area is 107 Å². The van der Waals surface area contributed by atoms with Crippen LogP contribution in [0.25, 0.3) is 0 Å². The van der Waals surface area contributed by atoms with Gasteiger partial charge in [-0.15, -0.1) is 0 Å². The molecule has 0 aromatic heterocycles. The molecule has 0 bridgehead atoms. The van der Waals surface area contributed by atoms with E-state index in [0.717, 1.165) is 11.8 Å². The third kappa shape index (κ3) is 5.76. The highest BCUT2D eigenvalue weighted by atomic mass is 32.2. The van der Waals surface area contributed by atoms with Crippen molar-refractivity contribution in [3.05, 3.63) is 35.9 Å². The molecule has 0 saturated carbocycles. The Morgan fingerprint density at radius 2 is 2.00 bits per heavy atom. The van der Waals surface area contributed by atoms with Gasteiger partial charge in [0, 0.05) is 6.04 Å². The minimum absolute atomic E-state index is 0.285. The number of hydrogen-bond donors (Lipinski definition) is 2. The van der Waals surface area contributed by atoms with Crippen molar-refractivity contribution in [3.8, 4) is 0 Å². The molecule has 0 amide bonds. The van der Waals surface area contributed by atoms with E-state index in [0.29, 0.717) is 17.8 Å². The van der Waals surface area contributed by atoms with Crippen LogP contribution < -0.4 is 10.5 Å². The van der Waals surface area contributed by atoms with E-state index in [4.69, 9.17) is 18.0 Å². The minimum Gasteiger partial charge on any atom is -0.393 e. The second-order valence-corrected chi connectivity index (χ2v) is 6.16. The van der Waals surface area contributed by atoms with Crippen LogP contribution in [0.3, 0.4) is 0 Å². The van der Waals surface area contributed by atoms with Crippen LogP contribution in [-0.2, 0) is 10.0 Å². The zero-order valence-corrected chi connectivity index (χ0v) is 11.2. The van der Waals surface area contributed by atoms with Crippen LogP contribution in [0.4, 0.5) is 0 Å². The largest absolute Gasteiger partial charge is 0.393 e. The number of benzene rings is 1. The molecule has 94 valence electrons. The van der Waals surface area contributed by atoms with E-state index in [1.165, 1.54) is 0 Å². The molecule has 0 aliphatic heterocycles. The maximum absolute atomic E-state index is 11.3. The van der Waals surface area contributed by atoms with Gasteiger partial charge < -0.3 is 5.73 Å². The van der Waals surface area contributed by atoms with Crippen molar-refractivity contribution < 1.29 is 8.42 Å². The zero-order chi connectivity index (χ0) is 12.9. The highest BCUT2D eigenvalue weighted by molar-refractivity contribution is 7.88. The summed E-state index contributed by atoms with van der Waals surface area (Å²) in [6.45, 7) is 0. The Morgan fingerprint density at radius 3 is 2.47 bits per heavy atom. The van der Waals surface area contributed by atoms with Crippen LogP contribution >= 0.6 is 12.2 Å². The molecule has 17 heavy (non-hydrogen) atoms. The van der Waals surface area contributed by atoms with Crippen LogP contribution in [0.5, 0.6) is 0 Å². The molecule has 1 unspecified atom stereocenters. The molecule has 1 atom stereocenters. The first-order valence-electron chi connectivity index (χ1n) is 5.19. The Morgan fingerprint density at radius 1 is 1.41 bits per heavy atom. The summed E-state index contributed by atoms with van der Waals surface area (Å²) in [6, 6.07) is 9.09. The normalized spacial score (nSPS) is 13.2. The van der Waals surface area contributed by atoms with Crippen molar-refractivity contribution in [2.45, 2.75) is 18.9 Å². The van der Waals surface area contributed by atoms with Gasteiger partial charge in [-0.25, -0.2) is 13.1 Å². The Hall–Kier alpha value is -0.980. The van der Waals surface area contributed by atoms with E-state index < -0.39 is 10.0 Å². The summed E-state index contributed by atoms with van der Waals surface area (Å²) < 4.78 is 25.2. The molecule has 0 heterocycles. The zero-order valence-electron chi connectivity index (χ0n) is 9.59. The Bertz CT molecular complexity index is 472. The van der Waals surface area contributed by atoms with Crippen LogP contribution in [0.15, 0.2) is 30.3 Å². The van der Waals surface area contributed by atoms with E-state index >= 15 is 0 Å². The minimum atomic E-state index is -3.25. The standard InChI is InChI=1S/C11H16N2O2S2/c1-17(14,15)13-10(7-8-11(12)16)9-5-3-2-4-6-9/h2-6,10,13H,7-8H2,1H3,(H2,12,16). The summed E-state index contributed by atoms with van der Waals surface area (Å²) >= 11 is 4.81. The third-order valence-corrected chi connectivity index (χ3v) is 3.15. The van der Waals surface area contributed by atoms with Gasteiger partial charge in [0.2, 0.25) is 10.0 Å². The number of hydrogen-bond acceptors (Lipinski definition) is 3. The summed E-state index contributed by atoms with van der Waals surface area (Å²) in [5.74, 6) is 0. The summed E-state index contributed by atoms with van der Waals surface area (Å²) in [4.78, 5) is 0.390. The molecular weight excluding hydrogens is 256 g/mol. The predicted octanol–water partition coefficient (Wildman–Crippen LogP) is 1.34. The van der Waals surface area contributed by atoms with Gasteiger partial charge in [-0.1, -0.05) is 42.5 Å². The molecule has 1 aromatic rings. The molecule has 0 aliphatic rings. The molecule has 1 rings (SSSR count). The van der Waals surface area contributed by atoms with Gasteiger partial charge in [0.25, 0.3) is 0 Å². The molecule has 0 radical (unpaired) electrons. The number of nitrogens with two attached hydrogens (primary N) is 1. The van der Waals surface area contributed by atoms with Crippen molar-refractivity contribution in [2.75, 3.05) is 6.26 Å². The first-order valence-corrected chi connectivity index (χ1v) is 7.49. The van der Waals surface area contributed by atoms with E-state index in [1.54, 1.807) is 0 Å². The molecule has 6 heteroatoms. The van der Waals surface area contributed by atoms with Crippen molar-refractivity contribution in [1.29, 1.82) is 0 Å². The predicted molar refractivity (Wildman–Crippen MR) is 73.2 cm³/mol. The number of thiocarbonyl (C=S) groups is 1. The quantitative estimate of drug-likeness (QED) is 0.767. The lowest BCUT2D eigenvalue weighted by atomic mass is 10.0. The van der Waals surface area contributed by atoms with Crippen LogP contribution in [0.2, 0.25) is 0 Å². The summed E-state index contributed by atoms with van der Waals surface area (Å²) in [5, 5.41) is 0. The van der Waals surface area contributed by atoms with E-state index in [9.17, 15) is 8.42 Å². The average Bonchev–Trinajstić information content (AvgIpc) is 2.24. The van der Waals surface area contributed by atoms with Crippen molar-refractivity contribution in [3.63, 3.8) is 0 Å². The lowest BCUT2D eigenvalue weighted by Crippen LogP contribution is -2.28. The van der Waals surface area contributed by atoms with Crippen LogP contribution in [0, 0.1) is 0 Å². The van der Waals surface area contributed by atoms with Crippen LogP contribution in [-0.4, -0.2) is 19.7 Å². The summed E-state index contributed by atoms with van der Waals surface area (Å²) in [6.07, 6.45) is 2.22. The van der Waals surface area contributed by atoms with Gasteiger partial charge in [-0.05, 0) is 18.4 Å². The molecule has 0 saturated heterocycles. The number of sulfonamides is 1. The topological polar surface area (TPSA) is 72.2 Å². The fourth-order valence-corrected chi connectivity index (χ4v) is 2.41. The van der Waals surface area contributed by atoms with Crippen molar-refractivity contribution in [1.82, 2.24) is 4.72 Å². The van der Waals surface area contributed by atoms with Gasteiger partial charge in [-0.2, -0.15) is 0 Å². The summed E-state index contributed by atoms with van der Waals surface area (Å²) in [5.41, 5.74) is 6.35. The first kappa shape index (κ1) is 14.1. The second kappa shape index (κ2) is 6.09.